The van der Waals surface area contributed by atoms with Gasteiger partial charge in [-0.2, -0.15) is 0 Å². The predicted molar refractivity (Wildman–Crippen MR) is 49.7 cm³/mol. The molecule has 1 aromatic heterocycles. The van der Waals surface area contributed by atoms with E-state index in [0.29, 0.717) is 0 Å². The van der Waals surface area contributed by atoms with Crippen molar-refractivity contribution in [2.75, 3.05) is 5.73 Å². The van der Waals surface area contributed by atoms with Crippen LogP contribution in [0.3, 0.4) is 0 Å². The van der Waals surface area contributed by atoms with E-state index in [9.17, 15) is 17.2 Å². The topological polar surface area (TPSA) is 99.1 Å². The van der Waals surface area contributed by atoms with Crippen LogP contribution in [0.2, 0.25) is 0 Å². The lowest BCUT2D eigenvalue weighted by Gasteiger charge is -2.10. The lowest BCUT2D eigenvalue weighted by Crippen LogP contribution is -2.17. The first-order valence-corrected chi connectivity index (χ1v) is 5.35. The summed E-state index contributed by atoms with van der Waals surface area (Å²) in [6.45, 7) is 1.37. The Morgan fingerprint density at radius 1 is 1.47 bits per heavy atom. The fourth-order valence-electron chi connectivity index (χ4n) is 1.17. The van der Waals surface area contributed by atoms with Crippen LogP contribution in [0.5, 0.6) is 0 Å². The van der Waals surface area contributed by atoms with Crippen molar-refractivity contribution in [1.29, 1.82) is 0 Å². The zero-order valence-corrected chi connectivity index (χ0v) is 8.55. The highest BCUT2D eigenvalue weighted by molar-refractivity contribution is 7.89. The van der Waals surface area contributed by atoms with E-state index in [4.69, 9.17) is 10.9 Å². The van der Waals surface area contributed by atoms with Gasteiger partial charge in [0.25, 0.3) is 6.43 Å². The molecule has 4 N–H and O–H groups in total. The van der Waals surface area contributed by atoms with Gasteiger partial charge in [0.1, 0.15) is 10.6 Å². The number of sulfonamides is 1. The second kappa shape index (κ2) is 3.70. The van der Waals surface area contributed by atoms with Gasteiger partial charge in [0, 0.05) is 6.20 Å². The molecule has 1 aromatic rings. The average molecular weight is 237 g/mol. The molecule has 84 valence electrons. The molecule has 5 nitrogen and oxygen atoms in total. The first kappa shape index (κ1) is 11.8. The van der Waals surface area contributed by atoms with Crippen molar-refractivity contribution in [2.45, 2.75) is 18.2 Å². The Balaban J connectivity index is 3.59. The van der Waals surface area contributed by atoms with Crippen LogP contribution in [0.4, 0.5) is 14.5 Å². The Morgan fingerprint density at radius 3 is 2.40 bits per heavy atom. The molecule has 0 aromatic carbocycles. The molecule has 0 radical (unpaired) electrons. The summed E-state index contributed by atoms with van der Waals surface area (Å²) in [6.07, 6.45) is -1.94. The minimum atomic E-state index is -4.12. The molecule has 0 spiro atoms. The molecular weight excluding hydrogens is 228 g/mol. The monoisotopic (exact) mass is 237 g/mol. The van der Waals surface area contributed by atoms with Gasteiger partial charge in [-0.05, 0) is 12.5 Å². The largest absolute Gasteiger partial charge is 0.396 e. The summed E-state index contributed by atoms with van der Waals surface area (Å²) in [5.74, 6) is 0. The van der Waals surface area contributed by atoms with Gasteiger partial charge in [-0.15, -0.1) is 0 Å². The van der Waals surface area contributed by atoms with Crippen molar-refractivity contribution in [2.24, 2.45) is 5.14 Å². The summed E-state index contributed by atoms with van der Waals surface area (Å²) >= 11 is 0. The van der Waals surface area contributed by atoms with E-state index in [1.54, 1.807) is 0 Å². The normalized spacial score (nSPS) is 12.1. The Labute approximate surface area is 85.2 Å². The molecule has 1 heterocycles. The Kier molecular flexibility index (Phi) is 2.91. The van der Waals surface area contributed by atoms with Crippen molar-refractivity contribution >= 4 is 15.7 Å². The number of nitrogens with two attached hydrogens (primary N) is 2. The van der Waals surface area contributed by atoms with E-state index in [2.05, 4.69) is 4.98 Å². The van der Waals surface area contributed by atoms with Gasteiger partial charge in [0.2, 0.25) is 10.0 Å². The number of halogens is 2. The third-order valence-electron chi connectivity index (χ3n) is 1.77. The number of hydrogen-bond donors (Lipinski definition) is 2. The van der Waals surface area contributed by atoms with Crippen LogP contribution in [-0.4, -0.2) is 13.4 Å². The van der Waals surface area contributed by atoms with E-state index < -0.39 is 32.7 Å². The second-order valence-electron chi connectivity index (χ2n) is 2.91. The van der Waals surface area contributed by atoms with Crippen molar-refractivity contribution < 1.29 is 17.2 Å². The molecule has 0 saturated carbocycles. The smallest absolute Gasteiger partial charge is 0.282 e. The molecule has 0 aliphatic carbocycles. The highest BCUT2D eigenvalue weighted by atomic mass is 32.2. The standard InChI is InChI=1S/C7H9F2N3O2S/c1-3-2-12-5(7(8)9)4(10)6(3)15(11,13)14/h2,7H,10H2,1H3,(H2,11,13,14). The Bertz CT molecular complexity index is 487. The van der Waals surface area contributed by atoms with Crippen LogP contribution in [0.15, 0.2) is 11.1 Å². The first-order valence-electron chi connectivity index (χ1n) is 3.81. The van der Waals surface area contributed by atoms with E-state index >= 15 is 0 Å². The molecule has 0 unspecified atom stereocenters. The van der Waals surface area contributed by atoms with Crippen LogP contribution >= 0.6 is 0 Å². The number of primary sulfonamides is 1. The number of pyridine rings is 1. The van der Waals surface area contributed by atoms with Crippen LogP contribution in [0.1, 0.15) is 17.7 Å². The van der Waals surface area contributed by atoms with Crippen LogP contribution < -0.4 is 10.9 Å². The number of aromatic nitrogens is 1. The quantitative estimate of drug-likeness (QED) is 0.784. The minimum absolute atomic E-state index is 0.138. The third-order valence-corrected chi connectivity index (χ3v) is 2.88. The fraction of sp³-hybridized carbons (Fsp3) is 0.286. The van der Waals surface area contributed by atoms with Gasteiger partial charge in [0.15, 0.2) is 0 Å². The van der Waals surface area contributed by atoms with Crippen molar-refractivity contribution in [1.82, 2.24) is 4.98 Å². The van der Waals surface area contributed by atoms with E-state index in [1.165, 1.54) is 6.92 Å². The van der Waals surface area contributed by atoms with E-state index in [1.807, 2.05) is 0 Å². The summed E-state index contributed by atoms with van der Waals surface area (Å²) in [5, 5.41) is 4.85. The molecule has 8 heteroatoms. The van der Waals surface area contributed by atoms with Crippen LogP contribution in [0.25, 0.3) is 0 Å². The van der Waals surface area contributed by atoms with Crippen molar-refractivity contribution in [3.8, 4) is 0 Å². The molecule has 0 saturated heterocycles. The van der Waals surface area contributed by atoms with Crippen LogP contribution in [-0.2, 0) is 10.0 Å². The van der Waals surface area contributed by atoms with E-state index in [-0.39, 0.29) is 5.56 Å². The summed E-state index contributed by atoms with van der Waals surface area (Å²) in [4.78, 5) is 2.86. The second-order valence-corrected chi connectivity index (χ2v) is 4.41. The maximum Gasteiger partial charge on any atom is 0.282 e. The first-order chi connectivity index (χ1) is 6.75. The molecular formula is C7H9F2N3O2S. The summed E-state index contributed by atoms with van der Waals surface area (Å²) in [6, 6.07) is 0. The number of alkyl halides is 2. The lowest BCUT2D eigenvalue weighted by atomic mass is 10.2. The maximum absolute atomic E-state index is 12.3. The third kappa shape index (κ3) is 2.21. The zero-order valence-electron chi connectivity index (χ0n) is 7.74. The molecule has 15 heavy (non-hydrogen) atoms. The van der Waals surface area contributed by atoms with Crippen molar-refractivity contribution in [3.63, 3.8) is 0 Å². The molecule has 0 fully saturated rings. The fourth-order valence-corrected chi connectivity index (χ4v) is 2.09. The van der Waals surface area contributed by atoms with Gasteiger partial charge in [-0.1, -0.05) is 0 Å². The number of rotatable bonds is 2. The predicted octanol–water partition coefficient (Wildman–Crippen LogP) is 0.557. The van der Waals surface area contributed by atoms with Crippen LogP contribution in [0, 0.1) is 6.92 Å². The maximum atomic E-state index is 12.3. The highest BCUT2D eigenvalue weighted by Gasteiger charge is 2.23. The van der Waals surface area contributed by atoms with Crippen molar-refractivity contribution in [3.05, 3.63) is 17.5 Å². The van der Waals surface area contributed by atoms with Gasteiger partial charge in [0.05, 0.1) is 5.69 Å². The van der Waals surface area contributed by atoms with Gasteiger partial charge < -0.3 is 5.73 Å². The molecule has 0 bridgehead atoms. The average Bonchev–Trinajstić information content (AvgIpc) is 2.00. The van der Waals surface area contributed by atoms with Gasteiger partial charge >= 0.3 is 0 Å². The molecule has 0 atom stereocenters. The Morgan fingerprint density at radius 2 is 2.00 bits per heavy atom. The zero-order chi connectivity index (χ0) is 11.8. The number of hydrogen-bond acceptors (Lipinski definition) is 4. The van der Waals surface area contributed by atoms with E-state index in [0.717, 1.165) is 6.20 Å². The molecule has 0 amide bonds. The molecule has 0 aliphatic rings. The summed E-state index contributed by atoms with van der Waals surface area (Å²) < 4.78 is 46.8. The number of aryl methyl sites for hydroxylation is 1. The van der Waals surface area contributed by atoms with Gasteiger partial charge in [-0.25, -0.2) is 22.3 Å². The number of nitrogens with zero attached hydrogens (tertiary/aromatic N) is 1. The highest BCUT2D eigenvalue weighted by Crippen LogP contribution is 2.29. The number of anilines is 1. The van der Waals surface area contributed by atoms with Gasteiger partial charge in [-0.3, -0.25) is 4.98 Å². The summed E-state index contributed by atoms with van der Waals surface area (Å²) in [7, 11) is -4.12. The lowest BCUT2D eigenvalue weighted by molar-refractivity contribution is 0.146. The SMILES string of the molecule is Cc1cnc(C(F)F)c(N)c1S(N)(=O)=O. The molecule has 0 aliphatic heterocycles. The number of nitrogen functional groups attached to an aromatic ring is 1. The summed E-state index contributed by atoms with van der Waals surface area (Å²) in [5.41, 5.74) is 4.04. The Hall–Kier alpha value is -1.28. The molecule has 1 rings (SSSR count). The minimum Gasteiger partial charge on any atom is -0.396 e.